The summed E-state index contributed by atoms with van der Waals surface area (Å²) in [6, 6.07) is 5.86. The zero-order valence-corrected chi connectivity index (χ0v) is 14.7. The Labute approximate surface area is 124 Å². The fourth-order valence-electron chi connectivity index (χ4n) is 2.00. The summed E-state index contributed by atoms with van der Waals surface area (Å²) in [5.41, 5.74) is 2.19. The predicted octanol–water partition coefficient (Wildman–Crippen LogP) is 4.47. The molecule has 20 heavy (non-hydrogen) atoms. The zero-order valence-electron chi connectivity index (χ0n) is 13.9. The van der Waals surface area contributed by atoms with Crippen molar-refractivity contribution < 1.29 is 8.42 Å². The van der Waals surface area contributed by atoms with Gasteiger partial charge in [0.15, 0.2) is 9.84 Å². The van der Waals surface area contributed by atoms with Gasteiger partial charge in [-0.05, 0) is 46.9 Å². The van der Waals surface area contributed by atoms with Crippen molar-refractivity contribution in [2.75, 3.05) is 6.26 Å². The molecule has 0 saturated heterocycles. The average molecular weight is 296 g/mol. The van der Waals surface area contributed by atoms with E-state index in [1.807, 2.05) is 12.1 Å². The van der Waals surface area contributed by atoms with Gasteiger partial charge in [0.25, 0.3) is 0 Å². The second kappa shape index (κ2) is 5.51. The second-order valence-electron chi connectivity index (χ2n) is 6.99. The Kier molecular flexibility index (Phi) is 4.75. The fourth-order valence-corrected chi connectivity index (χ4v) is 2.68. The molecule has 0 atom stereocenters. The first kappa shape index (κ1) is 17.2. The standard InChI is InChI=1S/C17H28O2S/c1-8-16(3,4)13-10-14(17(5,6)9-2)12-15(11-13)20(7,18)19/h10-12H,8-9H2,1-7H3. The molecule has 0 aliphatic heterocycles. The lowest BCUT2D eigenvalue weighted by Crippen LogP contribution is -2.21. The minimum atomic E-state index is -3.18. The molecule has 0 aliphatic rings. The Bertz CT molecular complexity index is 547. The normalized spacial score (nSPS) is 13.6. The molecule has 0 unspecified atom stereocenters. The molecule has 2 nitrogen and oxygen atoms in total. The molecule has 0 fully saturated rings. The summed E-state index contributed by atoms with van der Waals surface area (Å²) in [5, 5.41) is 0. The van der Waals surface area contributed by atoms with E-state index in [0.717, 1.165) is 24.0 Å². The highest BCUT2D eigenvalue weighted by Crippen LogP contribution is 2.35. The highest BCUT2D eigenvalue weighted by atomic mass is 32.2. The second-order valence-corrected chi connectivity index (χ2v) is 9.01. The fraction of sp³-hybridized carbons (Fsp3) is 0.647. The van der Waals surface area contributed by atoms with E-state index in [1.54, 1.807) is 0 Å². The molecule has 0 spiro atoms. The van der Waals surface area contributed by atoms with Crippen LogP contribution in [0.5, 0.6) is 0 Å². The van der Waals surface area contributed by atoms with Crippen LogP contribution in [0.1, 0.15) is 65.5 Å². The molecule has 0 amide bonds. The van der Waals surface area contributed by atoms with Crippen molar-refractivity contribution >= 4 is 9.84 Å². The quantitative estimate of drug-likeness (QED) is 0.803. The molecular formula is C17H28O2S. The number of hydrogen-bond acceptors (Lipinski definition) is 2. The number of benzene rings is 1. The third kappa shape index (κ3) is 3.63. The summed E-state index contributed by atoms with van der Waals surface area (Å²) in [6.45, 7) is 12.9. The van der Waals surface area contributed by atoms with Crippen molar-refractivity contribution in [1.29, 1.82) is 0 Å². The molecule has 0 bridgehead atoms. The largest absolute Gasteiger partial charge is 0.224 e. The summed E-state index contributed by atoms with van der Waals surface area (Å²) < 4.78 is 23.9. The smallest absolute Gasteiger partial charge is 0.175 e. The molecule has 0 heterocycles. The molecule has 0 radical (unpaired) electrons. The SMILES string of the molecule is CCC(C)(C)c1cc(C(C)(C)CC)cc(S(C)(=O)=O)c1. The Hall–Kier alpha value is -0.830. The van der Waals surface area contributed by atoms with Crippen molar-refractivity contribution in [1.82, 2.24) is 0 Å². The Morgan fingerprint density at radius 2 is 1.20 bits per heavy atom. The summed E-state index contributed by atoms with van der Waals surface area (Å²) in [6.07, 6.45) is 3.24. The van der Waals surface area contributed by atoms with Crippen LogP contribution in [0.3, 0.4) is 0 Å². The van der Waals surface area contributed by atoms with Gasteiger partial charge >= 0.3 is 0 Å². The van der Waals surface area contributed by atoms with Crippen LogP contribution in [-0.2, 0) is 20.7 Å². The van der Waals surface area contributed by atoms with Gasteiger partial charge in [0.05, 0.1) is 4.90 Å². The lowest BCUT2D eigenvalue weighted by Gasteiger charge is -2.29. The average Bonchev–Trinajstić information content (AvgIpc) is 2.37. The summed E-state index contributed by atoms with van der Waals surface area (Å²) in [7, 11) is -3.18. The van der Waals surface area contributed by atoms with Gasteiger partial charge in [-0.1, -0.05) is 47.6 Å². The third-order valence-corrected chi connectivity index (χ3v) is 5.76. The van der Waals surface area contributed by atoms with Gasteiger partial charge in [-0.25, -0.2) is 8.42 Å². The molecule has 0 aliphatic carbocycles. The van der Waals surface area contributed by atoms with Gasteiger partial charge in [-0.2, -0.15) is 0 Å². The van der Waals surface area contributed by atoms with E-state index in [2.05, 4.69) is 47.6 Å². The van der Waals surface area contributed by atoms with Crippen LogP contribution in [0.15, 0.2) is 23.1 Å². The maximum Gasteiger partial charge on any atom is 0.175 e. The van der Waals surface area contributed by atoms with Gasteiger partial charge < -0.3 is 0 Å². The van der Waals surface area contributed by atoms with Crippen molar-refractivity contribution in [2.24, 2.45) is 0 Å². The first-order chi connectivity index (χ1) is 8.94. The molecule has 3 heteroatoms. The van der Waals surface area contributed by atoms with E-state index in [1.165, 1.54) is 6.26 Å². The van der Waals surface area contributed by atoms with E-state index in [-0.39, 0.29) is 10.8 Å². The molecule has 0 aromatic heterocycles. The van der Waals surface area contributed by atoms with Crippen LogP contribution in [-0.4, -0.2) is 14.7 Å². The lowest BCUT2D eigenvalue weighted by molar-refractivity contribution is 0.486. The van der Waals surface area contributed by atoms with Crippen LogP contribution in [0.4, 0.5) is 0 Å². The van der Waals surface area contributed by atoms with E-state index in [9.17, 15) is 8.42 Å². The predicted molar refractivity (Wildman–Crippen MR) is 86.2 cm³/mol. The Morgan fingerprint density at radius 3 is 1.45 bits per heavy atom. The first-order valence-corrected chi connectivity index (χ1v) is 9.19. The van der Waals surface area contributed by atoms with E-state index in [4.69, 9.17) is 0 Å². The minimum Gasteiger partial charge on any atom is -0.224 e. The highest BCUT2D eigenvalue weighted by molar-refractivity contribution is 7.90. The summed E-state index contributed by atoms with van der Waals surface area (Å²) in [4.78, 5) is 0.438. The summed E-state index contributed by atoms with van der Waals surface area (Å²) in [5.74, 6) is 0. The van der Waals surface area contributed by atoms with Crippen LogP contribution in [0.2, 0.25) is 0 Å². The number of rotatable bonds is 5. The van der Waals surface area contributed by atoms with Crippen molar-refractivity contribution in [3.8, 4) is 0 Å². The van der Waals surface area contributed by atoms with Gasteiger partial charge in [0, 0.05) is 6.26 Å². The van der Waals surface area contributed by atoms with E-state index in [0.29, 0.717) is 4.90 Å². The molecule has 1 aromatic carbocycles. The lowest BCUT2D eigenvalue weighted by atomic mass is 9.77. The third-order valence-electron chi connectivity index (χ3n) is 4.67. The van der Waals surface area contributed by atoms with Crippen LogP contribution >= 0.6 is 0 Å². The molecule has 1 aromatic rings. The molecule has 1 rings (SSSR count). The van der Waals surface area contributed by atoms with Gasteiger partial charge in [-0.3, -0.25) is 0 Å². The van der Waals surface area contributed by atoms with Crippen molar-refractivity contribution in [2.45, 2.75) is 70.1 Å². The van der Waals surface area contributed by atoms with E-state index < -0.39 is 9.84 Å². The van der Waals surface area contributed by atoms with Crippen LogP contribution < -0.4 is 0 Å². The van der Waals surface area contributed by atoms with Crippen molar-refractivity contribution in [3.05, 3.63) is 29.3 Å². The molecular weight excluding hydrogens is 268 g/mol. The minimum absolute atomic E-state index is 0.0146. The maximum absolute atomic E-state index is 12.0. The Balaban J connectivity index is 3.61. The van der Waals surface area contributed by atoms with Crippen LogP contribution in [0.25, 0.3) is 0 Å². The van der Waals surface area contributed by atoms with Gasteiger partial charge in [-0.15, -0.1) is 0 Å². The van der Waals surface area contributed by atoms with Gasteiger partial charge in [0.2, 0.25) is 0 Å². The van der Waals surface area contributed by atoms with Crippen molar-refractivity contribution in [3.63, 3.8) is 0 Å². The summed E-state index contributed by atoms with van der Waals surface area (Å²) >= 11 is 0. The van der Waals surface area contributed by atoms with E-state index >= 15 is 0 Å². The molecule has 0 saturated carbocycles. The maximum atomic E-state index is 12.0. The monoisotopic (exact) mass is 296 g/mol. The highest BCUT2D eigenvalue weighted by Gasteiger charge is 2.25. The molecule has 114 valence electrons. The first-order valence-electron chi connectivity index (χ1n) is 7.30. The van der Waals surface area contributed by atoms with Crippen LogP contribution in [0, 0.1) is 0 Å². The number of sulfone groups is 1. The zero-order chi connectivity index (χ0) is 15.8. The topological polar surface area (TPSA) is 34.1 Å². The molecule has 0 N–H and O–H groups in total. The van der Waals surface area contributed by atoms with Gasteiger partial charge in [0.1, 0.15) is 0 Å². The number of hydrogen-bond donors (Lipinski definition) is 0. The Morgan fingerprint density at radius 1 is 0.850 bits per heavy atom.